The molecule has 0 aliphatic heterocycles. The summed E-state index contributed by atoms with van der Waals surface area (Å²) >= 11 is 0. The Labute approximate surface area is 113 Å². The van der Waals surface area contributed by atoms with Crippen molar-refractivity contribution in [1.29, 1.82) is 0 Å². The highest BCUT2D eigenvalue weighted by Crippen LogP contribution is 2.29. The normalized spacial score (nSPS) is 23.5. The molecule has 2 atom stereocenters. The first-order valence-electron chi connectivity index (χ1n) is 6.89. The lowest BCUT2D eigenvalue weighted by atomic mass is 10.0. The summed E-state index contributed by atoms with van der Waals surface area (Å²) in [5.41, 5.74) is 6.97. The highest BCUT2D eigenvalue weighted by Gasteiger charge is 2.29. The van der Waals surface area contributed by atoms with Gasteiger partial charge in [0.1, 0.15) is 0 Å². The van der Waals surface area contributed by atoms with Crippen molar-refractivity contribution in [2.24, 2.45) is 11.7 Å². The largest absolute Gasteiger partial charge is 0.330 e. The van der Waals surface area contributed by atoms with E-state index in [1.165, 1.54) is 31.4 Å². The molecule has 1 fully saturated rings. The quantitative estimate of drug-likeness (QED) is 0.888. The molecular weight excluding hydrogens is 246 g/mol. The van der Waals surface area contributed by atoms with Crippen molar-refractivity contribution in [2.75, 3.05) is 13.6 Å². The lowest BCUT2D eigenvalue weighted by Crippen LogP contribution is -2.37. The highest BCUT2D eigenvalue weighted by atomic mass is 19.3. The number of rotatable bonds is 5. The van der Waals surface area contributed by atoms with Gasteiger partial charge >= 0.3 is 0 Å². The van der Waals surface area contributed by atoms with Crippen LogP contribution < -0.4 is 5.73 Å². The van der Waals surface area contributed by atoms with E-state index in [9.17, 15) is 8.78 Å². The molecule has 0 aromatic heterocycles. The Kier molecular flexibility index (Phi) is 4.88. The fraction of sp³-hybridized carbons (Fsp3) is 0.600. The summed E-state index contributed by atoms with van der Waals surface area (Å²) in [5, 5.41) is 0. The van der Waals surface area contributed by atoms with Crippen LogP contribution in [0.4, 0.5) is 8.78 Å². The average molecular weight is 268 g/mol. The first-order chi connectivity index (χ1) is 9.11. The van der Waals surface area contributed by atoms with Crippen molar-refractivity contribution in [3.63, 3.8) is 0 Å². The van der Waals surface area contributed by atoms with Crippen molar-refractivity contribution in [3.05, 3.63) is 35.4 Å². The fourth-order valence-electron chi connectivity index (χ4n) is 3.05. The van der Waals surface area contributed by atoms with Gasteiger partial charge in [0.15, 0.2) is 0 Å². The van der Waals surface area contributed by atoms with E-state index < -0.39 is 6.43 Å². The number of halogens is 2. The Morgan fingerprint density at radius 3 is 2.53 bits per heavy atom. The van der Waals surface area contributed by atoms with E-state index >= 15 is 0 Å². The van der Waals surface area contributed by atoms with E-state index in [1.54, 1.807) is 12.1 Å². The molecule has 1 saturated carbocycles. The molecule has 0 amide bonds. The molecule has 1 aromatic rings. The van der Waals surface area contributed by atoms with E-state index in [2.05, 4.69) is 11.9 Å². The minimum Gasteiger partial charge on any atom is -0.330 e. The van der Waals surface area contributed by atoms with Crippen LogP contribution >= 0.6 is 0 Å². The SMILES string of the molecule is CN(Cc1ccc(C(F)F)cc1)C1CCCC1CN. The number of hydrogen-bond acceptors (Lipinski definition) is 2. The maximum Gasteiger partial charge on any atom is 0.263 e. The third kappa shape index (κ3) is 3.51. The molecule has 4 heteroatoms. The van der Waals surface area contributed by atoms with E-state index in [4.69, 9.17) is 5.73 Å². The molecule has 1 aliphatic rings. The molecule has 1 aliphatic carbocycles. The van der Waals surface area contributed by atoms with E-state index in [0.29, 0.717) is 12.0 Å². The van der Waals surface area contributed by atoms with Gasteiger partial charge in [-0.05, 0) is 37.9 Å². The first-order valence-corrected chi connectivity index (χ1v) is 6.89. The van der Waals surface area contributed by atoms with Gasteiger partial charge in [-0.1, -0.05) is 30.7 Å². The smallest absolute Gasteiger partial charge is 0.263 e. The molecule has 0 radical (unpaired) electrons. The second-order valence-electron chi connectivity index (χ2n) is 5.45. The fourth-order valence-corrected chi connectivity index (χ4v) is 3.05. The Morgan fingerprint density at radius 2 is 1.95 bits per heavy atom. The summed E-state index contributed by atoms with van der Waals surface area (Å²) in [4.78, 5) is 2.31. The van der Waals surface area contributed by atoms with Crippen LogP contribution in [0.15, 0.2) is 24.3 Å². The lowest BCUT2D eigenvalue weighted by Gasteiger charge is -2.29. The summed E-state index contributed by atoms with van der Waals surface area (Å²) in [6.07, 6.45) is 1.24. The minimum atomic E-state index is -2.39. The molecule has 2 unspecified atom stereocenters. The molecule has 0 bridgehead atoms. The Morgan fingerprint density at radius 1 is 1.26 bits per heavy atom. The second kappa shape index (κ2) is 6.44. The number of hydrogen-bond donors (Lipinski definition) is 1. The van der Waals surface area contributed by atoms with Crippen LogP contribution in [0, 0.1) is 5.92 Å². The predicted octanol–water partition coefficient (Wildman–Crippen LogP) is 3.18. The molecule has 2 N–H and O–H groups in total. The van der Waals surface area contributed by atoms with Gasteiger partial charge in [0.25, 0.3) is 6.43 Å². The Hall–Kier alpha value is -1.00. The van der Waals surface area contributed by atoms with Crippen LogP contribution in [-0.2, 0) is 6.54 Å². The molecule has 19 heavy (non-hydrogen) atoms. The van der Waals surface area contributed by atoms with Crippen LogP contribution in [0.5, 0.6) is 0 Å². The molecule has 106 valence electrons. The molecule has 2 nitrogen and oxygen atoms in total. The van der Waals surface area contributed by atoms with Crippen LogP contribution in [0.2, 0.25) is 0 Å². The summed E-state index contributed by atoms with van der Waals surface area (Å²) < 4.78 is 25.0. The Bertz CT molecular complexity index is 392. The highest BCUT2D eigenvalue weighted by molar-refractivity contribution is 5.23. The first kappa shape index (κ1) is 14.4. The second-order valence-corrected chi connectivity index (χ2v) is 5.45. The third-order valence-electron chi connectivity index (χ3n) is 4.15. The summed E-state index contributed by atoms with van der Waals surface area (Å²) in [7, 11) is 2.10. The van der Waals surface area contributed by atoms with Gasteiger partial charge < -0.3 is 5.73 Å². The number of nitrogens with zero attached hydrogens (tertiary/aromatic N) is 1. The van der Waals surface area contributed by atoms with Crippen molar-refractivity contribution in [1.82, 2.24) is 4.90 Å². The molecule has 0 saturated heterocycles. The van der Waals surface area contributed by atoms with Gasteiger partial charge in [0.05, 0.1) is 0 Å². The topological polar surface area (TPSA) is 29.3 Å². The lowest BCUT2D eigenvalue weighted by molar-refractivity contribution is 0.151. The monoisotopic (exact) mass is 268 g/mol. The summed E-state index contributed by atoms with van der Waals surface area (Å²) in [6.45, 7) is 1.53. The Balaban J connectivity index is 1.96. The summed E-state index contributed by atoms with van der Waals surface area (Å²) in [6, 6.07) is 7.15. The predicted molar refractivity (Wildman–Crippen MR) is 73.0 cm³/mol. The average Bonchev–Trinajstić information content (AvgIpc) is 2.87. The maximum atomic E-state index is 12.5. The van der Waals surface area contributed by atoms with Gasteiger partial charge in [0, 0.05) is 18.2 Å². The van der Waals surface area contributed by atoms with Crippen LogP contribution in [0.25, 0.3) is 0 Å². The van der Waals surface area contributed by atoms with Crippen LogP contribution in [0.3, 0.4) is 0 Å². The van der Waals surface area contributed by atoms with Gasteiger partial charge in [0.2, 0.25) is 0 Å². The minimum absolute atomic E-state index is 0.0899. The number of nitrogens with two attached hydrogens (primary N) is 1. The molecular formula is C15H22F2N2. The summed E-state index contributed by atoms with van der Waals surface area (Å²) in [5.74, 6) is 0.574. The zero-order chi connectivity index (χ0) is 13.8. The zero-order valence-corrected chi connectivity index (χ0v) is 11.4. The van der Waals surface area contributed by atoms with Gasteiger partial charge in [-0.15, -0.1) is 0 Å². The number of benzene rings is 1. The molecule has 0 heterocycles. The molecule has 1 aromatic carbocycles. The van der Waals surface area contributed by atoms with Gasteiger partial charge in [-0.2, -0.15) is 0 Å². The zero-order valence-electron chi connectivity index (χ0n) is 11.4. The van der Waals surface area contributed by atoms with Crippen molar-refractivity contribution in [3.8, 4) is 0 Å². The van der Waals surface area contributed by atoms with Gasteiger partial charge in [-0.3, -0.25) is 4.90 Å². The van der Waals surface area contributed by atoms with E-state index in [1.807, 2.05) is 0 Å². The molecule has 0 spiro atoms. The third-order valence-corrected chi connectivity index (χ3v) is 4.15. The van der Waals surface area contributed by atoms with E-state index in [0.717, 1.165) is 18.7 Å². The van der Waals surface area contributed by atoms with Crippen molar-refractivity contribution >= 4 is 0 Å². The standard InChI is InChI=1S/C15H22F2N2/c1-19(14-4-2-3-13(14)9-18)10-11-5-7-12(8-6-11)15(16)17/h5-8,13-15H,2-4,9-10,18H2,1H3. The van der Waals surface area contributed by atoms with Crippen LogP contribution in [-0.4, -0.2) is 24.5 Å². The van der Waals surface area contributed by atoms with Crippen molar-refractivity contribution in [2.45, 2.75) is 38.3 Å². The number of alkyl halides is 2. The molecule has 2 rings (SSSR count). The van der Waals surface area contributed by atoms with Gasteiger partial charge in [-0.25, -0.2) is 8.78 Å². The van der Waals surface area contributed by atoms with Crippen LogP contribution in [0.1, 0.15) is 36.8 Å². The van der Waals surface area contributed by atoms with Crippen molar-refractivity contribution < 1.29 is 8.78 Å². The van der Waals surface area contributed by atoms with E-state index in [-0.39, 0.29) is 5.56 Å². The maximum absolute atomic E-state index is 12.5.